The summed E-state index contributed by atoms with van der Waals surface area (Å²) in [5.41, 5.74) is 0. The second-order valence-corrected chi connectivity index (χ2v) is 6.40. The molecule has 2 N–H and O–H groups in total. The molecule has 0 aromatic heterocycles. The summed E-state index contributed by atoms with van der Waals surface area (Å²) >= 11 is 0. The van der Waals surface area contributed by atoms with Gasteiger partial charge >= 0.3 is 0 Å². The van der Waals surface area contributed by atoms with Crippen molar-refractivity contribution in [2.45, 2.75) is 70.5 Å². The van der Waals surface area contributed by atoms with Gasteiger partial charge in [0.1, 0.15) is 5.78 Å². The first-order valence-electron chi connectivity index (χ1n) is 7.45. The zero-order valence-corrected chi connectivity index (χ0v) is 11.3. The van der Waals surface area contributed by atoms with E-state index in [0.29, 0.717) is 24.0 Å². The maximum atomic E-state index is 12.3. The first kappa shape index (κ1) is 14.0. The minimum absolute atomic E-state index is 0.139. The van der Waals surface area contributed by atoms with Crippen LogP contribution in [0.2, 0.25) is 0 Å². The fraction of sp³-hybridized carbons (Fsp3) is 0.933. The smallest absolute Gasteiger partial charge is 0.136 e. The van der Waals surface area contributed by atoms with Crippen LogP contribution >= 0.6 is 0 Å². The number of Topliss-reactive ketones (excluding diaryl/α,β-unsaturated/α-hetero) is 1. The Bertz CT molecular complexity index is 281. The van der Waals surface area contributed by atoms with Crippen molar-refractivity contribution in [2.75, 3.05) is 0 Å². The Kier molecular flexibility index (Phi) is 4.79. The van der Waals surface area contributed by atoms with Crippen molar-refractivity contribution in [1.82, 2.24) is 0 Å². The third-order valence-corrected chi connectivity index (χ3v) is 4.86. The highest BCUT2D eigenvalue weighted by Crippen LogP contribution is 2.34. The molecule has 3 unspecified atom stereocenters. The van der Waals surface area contributed by atoms with Crippen molar-refractivity contribution in [2.24, 2.45) is 17.8 Å². The standard InChI is InChI=1S/C15H26O3/c1-10-8-13(17)6-7-14(10)15(18)9-11-2-4-12(16)5-3-11/h10-14,16-17H,2-9H2,1H3. The molecule has 3 heteroatoms. The number of carbonyl (C=O) groups is 1. The summed E-state index contributed by atoms with van der Waals surface area (Å²) in [6, 6.07) is 0. The number of rotatable bonds is 3. The van der Waals surface area contributed by atoms with Gasteiger partial charge in [-0.15, -0.1) is 0 Å². The van der Waals surface area contributed by atoms with E-state index in [1.165, 1.54) is 0 Å². The van der Waals surface area contributed by atoms with Gasteiger partial charge in [0.25, 0.3) is 0 Å². The van der Waals surface area contributed by atoms with E-state index in [1.54, 1.807) is 0 Å². The molecular weight excluding hydrogens is 228 g/mol. The van der Waals surface area contributed by atoms with Crippen molar-refractivity contribution in [1.29, 1.82) is 0 Å². The molecule has 0 amide bonds. The quantitative estimate of drug-likeness (QED) is 0.812. The molecule has 0 heterocycles. The van der Waals surface area contributed by atoms with E-state index >= 15 is 0 Å². The summed E-state index contributed by atoms with van der Waals surface area (Å²) in [6.45, 7) is 2.09. The third-order valence-electron chi connectivity index (χ3n) is 4.86. The van der Waals surface area contributed by atoms with Gasteiger partial charge in [0.2, 0.25) is 0 Å². The number of ketones is 1. The van der Waals surface area contributed by atoms with Crippen molar-refractivity contribution in [3.63, 3.8) is 0 Å². The van der Waals surface area contributed by atoms with E-state index < -0.39 is 0 Å². The molecule has 0 spiro atoms. The lowest BCUT2D eigenvalue weighted by atomic mass is 9.73. The van der Waals surface area contributed by atoms with Gasteiger partial charge in [-0.25, -0.2) is 0 Å². The molecular formula is C15H26O3. The number of hydrogen-bond acceptors (Lipinski definition) is 3. The molecule has 0 saturated heterocycles. The molecule has 0 aromatic carbocycles. The van der Waals surface area contributed by atoms with Gasteiger partial charge < -0.3 is 10.2 Å². The Morgan fingerprint density at radius 1 is 1.00 bits per heavy atom. The van der Waals surface area contributed by atoms with E-state index in [1.807, 2.05) is 0 Å². The Hall–Kier alpha value is -0.410. The maximum absolute atomic E-state index is 12.3. The molecule has 3 atom stereocenters. The van der Waals surface area contributed by atoms with Gasteiger partial charge in [-0.2, -0.15) is 0 Å². The summed E-state index contributed by atoms with van der Waals surface area (Å²) in [5, 5.41) is 19.1. The Balaban J connectivity index is 1.80. The topological polar surface area (TPSA) is 57.5 Å². The van der Waals surface area contributed by atoms with E-state index in [4.69, 9.17) is 0 Å². The van der Waals surface area contributed by atoms with Crippen molar-refractivity contribution < 1.29 is 15.0 Å². The van der Waals surface area contributed by atoms with Crippen LogP contribution in [0.4, 0.5) is 0 Å². The summed E-state index contributed by atoms with van der Waals surface area (Å²) in [4.78, 5) is 12.3. The summed E-state index contributed by atoms with van der Waals surface area (Å²) in [6.07, 6.45) is 6.48. The number of hydrogen-bond donors (Lipinski definition) is 2. The molecule has 0 aromatic rings. The second-order valence-electron chi connectivity index (χ2n) is 6.40. The zero-order chi connectivity index (χ0) is 13.1. The molecule has 2 rings (SSSR count). The van der Waals surface area contributed by atoms with E-state index in [9.17, 15) is 15.0 Å². The average molecular weight is 254 g/mol. The highest BCUT2D eigenvalue weighted by Gasteiger charge is 2.32. The van der Waals surface area contributed by atoms with Crippen LogP contribution in [0.3, 0.4) is 0 Å². The summed E-state index contributed by atoms with van der Waals surface area (Å²) in [5.74, 6) is 1.38. The monoisotopic (exact) mass is 254 g/mol. The van der Waals surface area contributed by atoms with Gasteiger partial charge in [-0.1, -0.05) is 6.92 Å². The highest BCUT2D eigenvalue weighted by molar-refractivity contribution is 5.81. The summed E-state index contributed by atoms with van der Waals surface area (Å²) in [7, 11) is 0. The minimum Gasteiger partial charge on any atom is -0.393 e. The number of aliphatic hydroxyl groups is 2. The van der Waals surface area contributed by atoms with E-state index in [0.717, 1.165) is 44.9 Å². The van der Waals surface area contributed by atoms with Crippen LogP contribution in [-0.2, 0) is 4.79 Å². The van der Waals surface area contributed by atoms with Crippen molar-refractivity contribution >= 4 is 5.78 Å². The van der Waals surface area contributed by atoms with Crippen LogP contribution in [-0.4, -0.2) is 28.2 Å². The lowest BCUT2D eigenvalue weighted by molar-refractivity contribution is -0.127. The maximum Gasteiger partial charge on any atom is 0.136 e. The van der Waals surface area contributed by atoms with Crippen LogP contribution < -0.4 is 0 Å². The normalized spacial score (nSPS) is 41.6. The molecule has 0 bridgehead atoms. The SMILES string of the molecule is CC1CC(O)CCC1C(=O)CC1CCC(O)CC1. The Labute approximate surface area is 110 Å². The van der Waals surface area contributed by atoms with Gasteiger partial charge in [0, 0.05) is 12.3 Å². The van der Waals surface area contributed by atoms with Gasteiger partial charge in [-0.3, -0.25) is 4.79 Å². The largest absolute Gasteiger partial charge is 0.393 e. The molecule has 0 radical (unpaired) electrons. The lowest BCUT2D eigenvalue weighted by Gasteiger charge is -2.32. The van der Waals surface area contributed by atoms with Crippen LogP contribution in [0.5, 0.6) is 0 Å². The fourth-order valence-corrected chi connectivity index (χ4v) is 3.63. The summed E-state index contributed by atoms with van der Waals surface area (Å²) < 4.78 is 0. The molecule has 18 heavy (non-hydrogen) atoms. The first-order valence-corrected chi connectivity index (χ1v) is 7.45. The fourth-order valence-electron chi connectivity index (χ4n) is 3.63. The van der Waals surface area contributed by atoms with Crippen LogP contribution in [0.1, 0.15) is 58.3 Å². The minimum atomic E-state index is -0.200. The number of carbonyl (C=O) groups excluding carboxylic acids is 1. The van der Waals surface area contributed by atoms with Crippen molar-refractivity contribution in [3.8, 4) is 0 Å². The second kappa shape index (κ2) is 6.16. The third kappa shape index (κ3) is 3.55. The van der Waals surface area contributed by atoms with E-state index in [-0.39, 0.29) is 18.1 Å². The molecule has 2 aliphatic rings. The molecule has 3 nitrogen and oxygen atoms in total. The van der Waals surface area contributed by atoms with Crippen LogP contribution in [0, 0.1) is 17.8 Å². The zero-order valence-electron chi connectivity index (χ0n) is 11.3. The molecule has 0 aliphatic heterocycles. The first-order chi connectivity index (χ1) is 8.56. The van der Waals surface area contributed by atoms with Crippen molar-refractivity contribution in [3.05, 3.63) is 0 Å². The Morgan fingerprint density at radius 3 is 2.22 bits per heavy atom. The molecule has 2 aliphatic carbocycles. The lowest BCUT2D eigenvalue weighted by Crippen LogP contribution is -2.32. The highest BCUT2D eigenvalue weighted by atomic mass is 16.3. The average Bonchev–Trinajstić information content (AvgIpc) is 2.32. The van der Waals surface area contributed by atoms with Crippen LogP contribution in [0.25, 0.3) is 0 Å². The van der Waals surface area contributed by atoms with Gasteiger partial charge in [0.05, 0.1) is 12.2 Å². The van der Waals surface area contributed by atoms with E-state index in [2.05, 4.69) is 6.92 Å². The molecule has 2 fully saturated rings. The van der Waals surface area contributed by atoms with Crippen LogP contribution in [0.15, 0.2) is 0 Å². The molecule has 2 saturated carbocycles. The predicted molar refractivity (Wildman–Crippen MR) is 70.1 cm³/mol. The predicted octanol–water partition coefficient (Wildman–Crippen LogP) is 2.29. The molecule has 104 valence electrons. The van der Waals surface area contributed by atoms with Gasteiger partial charge in [0.15, 0.2) is 0 Å². The number of aliphatic hydroxyl groups excluding tert-OH is 2. The Morgan fingerprint density at radius 2 is 1.61 bits per heavy atom. The van der Waals surface area contributed by atoms with Gasteiger partial charge in [-0.05, 0) is 56.8 Å².